The Morgan fingerprint density at radius 1 is 1.28 bits per heavy atom. The van der Waals surface area contributed by atoms with Gasteiger partial charge in [0.05, 0.1) is 6.61 Å². The van der Waals surface area contributed by atoms with Crippen LogP contribution < -0.4 is 0 Å². The molecule has 1 heterocycles. The maximum Gasteiger partial charge on any atom is 0.328 e. The van der Waals surface area contributed by atoms with E-state index in [9.17, 15) is 4.79 Å². The molecule has 0 spiro atoms. The van der Waals surface area contributed by atoms with Gasteiger partial charge in [0, 0.05) is 6.08 Å². The fourth-order valence-corrected chi connectivity index (χ4v) is 1.72. The van der Waals surface area contributed by atoms with E-state index in [0.29, 0.717) is 6.61 Å². The number of hydrogen-bond donors (Lipinski definition) is 1. The van der Waals surface area contributed by atoms with Crippen molar-refractivity contribution in [2.24, 2.45) is 0 Å². The van der Waals surface area contributed by atoms with Crippen LogP contribution in [0.1, 0.15) is 5.56 Å². The van der Waals surface area contributed by atoms with Crippen molar-refractivity contribution in [2.75, 3.05) is 6.61 Å². The fourth-order valence-electron chi connectivity index (χ4n) is 1.72. The topological polar surface area (TPSA) is 46.5 Å². The van der Waals surface area contributed by atoms with Gasteiger partial charge < -0.3 is 9.84 Å². The molecule has 1 atom stereocenters. The van der Waals surface area contributed by atoms with Crippen LogP contribution in [-0.2, 0) is 9.53 Å². The molecule has 0 fully saturated rings. The molecule has 0 aliphatic carbocycles. The van der Waals surface area contributed by atoms with Crippen molar-refractivity contribution in [1.82, 2.24) is 0 Å². The normalized spacial score (nSPS) is 19.6. The molecule has 92 valence electrons. The lowest BCUT2D eigenvalue weighted by atomic mass is 10.1. The lowest BCUT2D eigenvalue weighted by Gasteiger charge is -2.06. The Bertz CT molecular complexity index is 498. The van der Waals surface area contributed by atoms with E-state index in [-0.39, 0.29) is 6.10 Å². The minimum absolute atomic E-state index is 0.166. The van der Waals surface area contributed by atoms with Crippen LogP contribution in [0.15, 0.2) is 60.2 Å². The average Bonchev–Trinajstić information content (AvgIpc) is 2.82. The molecule has 0 saturated carbocycles. The molecule has 3 nitrogen and oxygen atoms in total. The van der Waals surface area contributed by atoms with E-state index >= 15 is 0 Å². The first-order valence-electron chi connectivity index (χ1n) is 5.71. The van der Waals surface area contributed by atoms with Crippen LogP contribution in [-0.4, -0.2) is 23.8 Å². The van der Waals surface area contributed by atoms with Crippen LogP contribution in [0.4, 0.5) is 0 Å². The minimum atomic E-state index is -0.950. The number of carbonyl (C=O) groups is 1. The number of ether oxygens (including phenoxy) is 1. The summed E-state index contributed by atoms with van der Waals surface area (Å²) in [6.07, 6.45) is 8.33. The van der Waals surface area contributed by atoms with Crippen LogP contribution in [0.3, 0.4) is 0 Å². The number of rotatable bonds is 4. The Morgan fingerprint density at radius 3 is 2.78 bits per heavy atom. The van der Waals surface area contributed by atoms with Gasteiger partial charge >= 0.3 is 5.97 Å². The lowest BCUT2D eigenvalue weighted by Crippen LogP contribution is -2.04. The molecule has 1 aliphatic heterocycles. The van der Waals surface area contributed by atoms with E-state index in [1.165, 1.54) is 0 Å². The van der Waals surface area contributed by atoms with Crippen molar-refractivity contribution in [2.45, 2.75) is 6.10 Å². The highest BCUT2D eigenvalue weighted by Gasteiger charge is 2.14. The summed E-state index contributed by atoms with van der Waals surface area (Å²) < 4.78 is 5.50. The monoisotopic (exact) mass is 242 g/mol. The predicted molar refractivity (Wildman–Crippen MR) is 70.1 cm³/mol. The van der Waals surface area contributed by atoms with E-state index in [1.807, 2.05) is 48.6 Å². The molecule has 0 bridgehead atoms. The highest BCUT2D eigenvalue weighted by molar-refractivity contribution is 5.80. The lowest BCUT2D eigenvalue weighted by molar-refractivity contribution is -0.131. The summed E-state index contributed by atoms with van der Waals surface area (Å²) in [5, 5.41) is 8.60. The van der Waals surface area contributed by atoms with Gasteiger partial charge in [0.2, 0.25) is 0 Å². The van der Waals surface area contributed by atoms with Crippen LogP contribution >= 0.6 is 0 Å². The van der Waals surface area contributed by atoms with Crippen molar-refractivity contribution in [3.8, 4) is 0 Å². The molecule has 18 heavy (non-hydrogen) atoms. The highest BCUT2D eigenvalue weighted by Crippen LogP contribution is 2.18. The van der Waals surface area contributed by atoms with Crippen molar-refractivity contribution in [3.05, 3.63) is 65.8 Å². The van der Waals surface area contributed by atoms with E-state index in [0.717, 1.165) is 17.2 Å². The standard InChI is InChI=1S/C15H14O3/c16-15(17)9-7-13-10-11-18-14(13)8-6-12-4-2-1-3-5-12/h1-10,14H,11H2,(H,16,17). The van der Waals surface area contributed by atoms with Gasteiger partial charge in [-0.3, -0.25) is 0 Å². The Hall–Kier alpha value is -2.13. The quantitative estimate of drug-likeness (QED) is 0.826. The van der Waals surface area contributed by atoms with Crippen LogP contribution in [0.25, 0.3) is 6.08 Å². The maximum absolute atomic E-state index is 10.5. The van der Waals surface area contributed by atoms with Crippen molar-refractivity contribution < 1.29 is 14.6 Å². The third kappa shape index (κ3) is 3.43. The molecule has 1 N–H and O–H groups in total. The molecule has 1 aromatic rings. The molecule has 1 unspecified atom stereocenters. The largest absolute Gasteiger partial charge is 0.478 e. The Morgan fingerprint density at radius 2 is 2.06 bits per heavy atom. The number of carboxylic acids is 1. The average molecular weight is 242 g/mol. The minimum Gasteiger partial charge on any atom is -0.478 e. The molecule has 0 saturated heterocycles. The summed E-state index contributed by atoms with van der Waals surface area (Å²) in [5.74, 6) is -0.950. The zero-order chi connectivity index (χ0) is 12.8. The molecule has 0 radical (unpaired) electrons. The third-order valence-corrected chi connectivity index (χ3v) is 2.60. The van der Waals surface area contributed by atoms with Crippen molar-refractivity contribution in [3.63, 3.8) is 0 Å². The second-order valence-electron chi connectivity index (χ2n) is 3.90. The Labute approximate surface area is 106 Å². The third-order valence-electron chi connectivity index (χ3n) is 2.60. The van der Waals surface area contributed by atoms with E-state index < -0.39 is 5.97 Å². The second kappa shape index (κ2) is 5.98. The smallest absolute Gasteiger partial charge is 0.328 e. The van der Waals surface area contributed by atoms with Crippen LogP contribution in [0.2, 0.25) is 0 Å². The molecular weight excluding hydrogens is 228 g/mol. The fraction of sp³-hybridized carbons (Fsp3) is 0.133. The van der Waals surface area contributed by atoms with Gasteiger partial charge in [-0.15, -0.1) is 0 Å². The first kappa shape index (κ1) is 12.3. The second-order valence-corrected chi connectivity index (χ2v) is 3.90. The summed E-state index contributed by atoms with van der Waals surface area (Å²) >= 11 is 0. The molecule has 0 amide bonds. The highest BCUT2D eigenvalue weighted by atomic mass is 16.5. The van der Waals surface area contributed by atoms with Crippen LogP contribution in [0.5, 0.6) is 0 Å². The summed E-state index contributed by atoms with van der Waals surface area (Å²) in [6, 6.07) is 9.90. The van der Waals surface area contributed by atoms with Gasteiger partial charge in [-0.1, -0.05) is 48.6 Å². The van der Waals surface area contributed by atoms with Crippen molar-refractivity contribution in [1.29, 1.82) is 0 Å². The molecule has 2 rings (SSSR count). The number of benzene rings is 1. The number of hydrogen-bond acceptors (Lipinski definition) is 2. The SMILES string of the molecule is O=C(O)C=CC1=CCOC1C=Cc1ccccc1. The summed E-state index contributed by atoms with van der Waals surface area (Å²) in [7, 11) is 0. The summed E-state index contributed by atoms with van der Waals surface area (Å²) in [4.78, 5) is 10.5. The Balaban J connectivity index is 2.04. The molecule has 1 aliphatic rings. The first-order chi connectivity index (χ1) is 8.75. The molecule has 1 aromatic carbocycles. The number of carboxylic acid groups (broad SMARTS) is 1. The maximum atomic E-state index is 10.5. The summed E-state index contributed by atoms with van der Waals surface area (Å²) in [5.41, 5.74) is 1.97. The van der Waals surface area contributed by atoms with Gasteiger partial charge in [-0.05, 0) is 17.2 Å². The first-order valence-corrected chi connectivity index (χ1v) is 5.71. The number of aliphatic carboxylic acids is 1. The van der Waals surface area contributed by atoms with E-state index in [4.69, 9.17) is 9.84 Å². The molecule has 0 aromatic heterocycles. The van der Waals surface area contributed by atoms with E-state index in [2.05, 4.69) is 0 Å². The zero-order valence-corrected chi connectivity index (χ0v) is 9.82. The van der Waals surface area contributed by atoms with Crippen LogP contribution in [0, 0.1) is 0 Å². The van der Waals surface area contributed by atoms with Gasteiger partial charge in [0.1, 0.15) is 6.10 Å². The molecular formula is C15H14O3. The predicted octanol–water partition coefficient (Wildman–Crippen LogP) is 2.67. The zero-order valence-electron chi connectivity index (χ0n) is 9.82. The van der Waals surface area contributed by atoms with Gasteiger partial charge in [-0.2, -0.15) is 0 Å². The van der Waals surface area contributed by atoms with Gasteiger partial charge in [0.25, 0.3) is 0 Å². The van der Waals surface area contributed by atoms with E-state index in [1.54, 1.807) is 6.08 Å². The Kier molecular flexibility index (Phi) is 4.10. The van der Waals surface area contributed by atoms with Gasteiger partial charge in [-0.25, -0.2) is 4.79 Å². The molecule has 3 heteroatoms. The van der Waals surface area contributed by atoms with Crippen molar-refractivity contribution >= 4 is 12.0 Å². The van der Waals surface area contributed by atoms with Gasteiger partial charge in [0.15, 0.2) is 0 Å². The summed E-state index contributed by atoms with van der Waals surface area (Å²) in [6.45, 7) is 0.517.